The van der Waals surface area contributed by atoms with Gasteiger partial charge in [-0.1, -0.05) is 18.2 Å². The number of nitrogens with one attached hydrogen (secondary N) is 1. The van der Waals surface area contributed by atoms with Crippen molar-refractivity contribution in [2.24, 2.45) is 0 Å². The largest absolute Gasteiger partial charge is 0.493 e. The minimum Gasteiger partial charge on any atom is -0.493 e. The van der Waals surface area contributed by atoms with Crippen LogP contribution in [0.15, 0.2) is 66.2 Å². The molecule has 0 unspecified atom stereocenters. The Morgan fingerprint density at radius 3 is 2.52 bits per heavy atom. The molecule has 2 aromatic heterocycles. The number of nitrogens with zero attached hydrogens (tertiary/aromatic N) is 3. The van der Waals surface area contributed by atoms with Gasteiger partial charge in [0.2, 0.25) is 0 Å². The predicted molar refractivity (Wildman–Crippen MR) is 125 cm³/mol. The zero-order chi connectivity index (χ0) is 23.4. The number of aromatic nitrogens is 2. The summed E-state index contributed by atoms with van der Waals surface area (Å²) in [7, 11) is 2.76. The van der Waals surface area contributed by atoms with Gasteiger partial charge in [0.05, 0.1) is 36.6 Å². The summed E-state index contributed by atoms with van der Waals surface area (Å²) in [5.74, 6) is -0.270. The van der Waals surface area contributed by atoms with E-state index in [1.165, 1.54) is 37.7 Å². The van der Waals surface area contributed by atoms with Gasteiger partial charge in [-0.05, 0) is 24.3 Å². The highest BCUT2D eigenvalue weighted by molar-refractivity contribution is 7.13. The number of pyridine rings is 1. The summed E-state index contributed by atoms with van der Waals surface area (Å²) in [5, 5.41) is 16.9. The minimum absolute atomic E-state index is 0.144. The van der Waals surface area contributed by atoms with Crippen molar-refractivity contribution < 1.29 is 19.2 Å². The smallest absolute Gasteiger partial charge is 0.286 e. The fourth-order valence-corrected chi connectivity index (χ4v) is 3.97. The van der Waals surface area contributed by atoms with Crippen LogP contribution in [0.3, 0.4) is 0 Å². The van der Waals surface area contributed by atoms with Crippen LogP contribution in [0.25, 0.3) is 22.0 Å². The van der Waals surface area contributed by atoms with E-state index in [1.54, 1.807) is 24.4 Å². The molecule has 9 nitrogen and oxygen atoms in total. The summed E-state index contributed by atoms with van der Waals surface area (Å²) < 4.78 is 10.3. The number of hydrogen-bond acceptors (Lipinski definition) is 8. The van der Waals surface area contributed by atoms with Gasteiger partial charge in [-0.3, -0.25) is 19.9 Å². The average Bonchev–Trinajstić information content (AvgIpc) is 3.34. The van der Waals surface area contributed by atoms with E-state index in [-0.39, 0.29) is 22.7 Å². The molecule has 0 aliphatic heterocycles. The molecule has 0 aliphatic carbocycles. The minimum atomic E-state index is -0.646. The van der Waals surface area contributed by atoms with Crippen LogP contribution in [0.2, 0.25) is 0 Å². The number of rotatable bonds is 7. The van der Waals surface area contributed by atoms with Crippen molar-refractivity contribution in [2.45, 2.75) is 0 Å². The SMILES string of the molecule is COc1cc(C(=O)Nc2cccc(-c3csc(-c4ccccn4)n3)c2)c([N+](=O)[O-])cc1OC. The van der Waals surface area contributed by atoms with Crippen molar-refractivity contribution in [1.29, 1.82) is 0 Å². The Kier molecular flexibility index (Phi) is 6.27. The molecule has 0 aliphatic rings. The van der Waals surface area contributed by atoms with Crippen molar-refractivity contribution in [3.05, 3.63) is 81.9 Å². The third-order valence-electron chi connectivity index (χ3n) is 4.75. The van der Waals surface area contributed by atoms with Crippen molar-refractivity contribution in [3.63, 3.8) is 0 Å². The average molecular weight is 462 g/mol. The van der Waals surface area contributed by atoms with Crippen LogP contribution in [0.1, 0.15) is 10.4 Å². The maximum absolute atomic E-state index is 12.9. The highest BCUT2D eigenvalue weighted by atomic mass is 32.1. The Labute approximate surface area is 192 Å². The van der Waals surface area contributed by atoms with E-state index in [1.807, 2.05) is 29.6 Å². The van der Waals surface area contributed by atoms with Crippen LogP contribution < -0.4 is 14.8 Å². The van der Waals surface area contributed by atoms with Gasteiger partial charge in [-0.2, -0.15) is 0 Å². The molecule has 0 bridgehead atoms. The number of carbonyl (C=O) groups is 1. The summed E-state index contributed by atoms with van der Waals surface area (Å²) in [5.41, 5.74) is 2.23. The van der Waals surface area contributed by atoms with Crippen LogP contribution in [0.5, 0.6) is 11.5 Å². The lowest BCUT2D eigenvalue weighted by molar-refractivity contribution is -0.385. The molecule has 10 heteroatoms. The van der Waals surface area contributed by atoms with E-state index >= 15 is 0 Å². The molecule has 4 rings (SSSR count). The fraction of sp³-hybridized carbons (Fsp3) is 0.0870. The second-order valence-corrected chi connectivity index (χ2v) is 7.63. The molecule has 0 atom stereocenters. The zero-order valence-corrected chi connectivity index (χ0v) is 18.5. The van der Waals surface area contributed by atoms with E-state index in [9.17, 15) is 14.9 Å². The Bertz CT molecular complexity index is 1320. The number of hydrogen-bond donors (Lipinski definition) is 1. The normalized spacial score (nSPS) is 10.5. The Balaban J connectivity index is 1.61. The van der Waals surface area contributed by atoms with Gasteiger partial charge in [0, 0.05) is 28.9 Å². The van der Waals surface area contributed by atoms with Gasteiger partial charge >= 0.3 is 0 Å². The molecule has 0 spiro atoms. The van der Waals surface area contributed by atoms with E-state index in [0.29, 0.717) is 5.69 Å². The molecule has 2 aromatic carbocycles. The Morgan fingerprint density at radius 2 is 1.82 bits per heavy atom. The molecular formula is C23H18N4O5S. The number of anilines is 1. The van der Waals surface area contributed by atoms with E-state index in [0.717, 1.165) is 22.0 Å². The third-order valence-corrected chi connectivity index (χ3v) is 5.61. The first-order valence-corrected chi connectivity index (χ1v) is 10.6. The highest BCUT2D eigenvalue weighted by Crippen LogP contribution is 2.35. The molecule has 0 saturated heterocycles. The van der Waals surface area contributed by atoms with E-state index < -0.39 is 10.8 Å². The van der Waals surface area contributed by atoms with Crippen LogP contribution >= 0.6 is 11.3 Å². The van der Waals surface area contributed by atoms with Gasteiger partial charge in [0.1, 0.15) is 10.6 Å². The van der Waals surface area contributed by atoms with Gasteiger partial charge in [0.15, 0.2) is 11.5 Å². The van der Waals surface area contributed by atoms with Crippen molar-refractivity contribution in [3.8, 4) is 33.5 Å². The number of carbonyl (C=O) groups excluding carboxylic acids is 1. The van der Waals surface area contributed by atoms with Crippen molar-refractivity contribution >= 4 is 28.6 Å². The van der Waals surface area contributed by atoms with Crippen LogP contribution in [0, 0.1) is 10.1 Å². The quantitative estimate of drug-likeness (QED) is 0.302. The number of amides is 1. The van der Waals surface area contributed by atoms with Gasteiger partial charge < -0.3 is 14.8 Å². The molecule has 0 fully saturated rings. The maximum Gasteiger partial charge on any atom is 0.286 e. The third kappa shape index (κ3) is 4.65. The summed E-state index contributed by atoms with van der Waals surface area (Å²) in [4.78, 5) is 32.7. The lowest BCUT2D eigenvalue weighted by Crippen LogP contribution is -2.14. The summed E-state index contributed by atoms with van der Waals surface area (Å²) in [6.45, 7) is 0. The summed E-state index contributed by atoms with van der Waals surface area (Å²) >= 11 is 1.47. The molecule has 33 heavy (non-hydrogen) atoms. The second-order valence-electron chi connectivity index (χ2n) is 6.77. The molecule has 1 N–H and O–H groups in total. The first kappa shape index (κ1) is 21.9. The monoisotopic (exact) mass is 462 g/mol. The Hall–Kier alpha value is -4.31. The Morgan fingerprint density at radius 1 is 1.03 bits per heavy atom. The highest BCUT2D eigenvalue weighted by Gasteiger charge is 2.24. The number of thiazole rings is 1. The molecule has 0 radical (unpaired) electrons. The zero-order valence-electron chi connectivity index (χ0n) is 17.6. The van der Waals surface area contributed by atoms with Crippen molar-refractivity contribution in [1.82, 2.24) is 9.97 Å². The molecule has 0 saturated carbocycles. The van der Waals surface area contributed by atoms with E-state index in [4.69, 9.17) is 9.47 Å². The fourth-order valence-electron chi connectivity index (χ4n) is 3.17. The molecular weight excluding hydrogens is 444 g/mol. The number of benzene rings is 2. The van der Waals surface area contributed by atoms with Crippen LogP contribution in [-0.2, 0) is 0 Å². The lowest BCUT2D eigenvalue weighted by Gasteiger charge is -2.11. The molecule has 2 heterocycles. The first-order valence-electron chi connectivity index (χ1n) is 9.69. The van der Waals surface area contributed by atoms with Gasteiger partial charge in [-0.15, -0.1) is 11.3 Å². The number of nitro groups is 1. The topological polar surface area (TPSA) is 116 Å². The van der Waals surface area contributed by atoms with Crippen LogP contribution in [0.4, 0.5) is 11.4 Å². The number of ether oxygens (including phenoxy) is 2. The summed E-state index contributed by atoms with van der Waals surface area (Å²) in [6, 6.07) is 15.2. The molecule has 1 amide bonds. The predicted octanol–water partition coefficient (Wildman–Crippen LogP) is 5.05. The van der Waals surface area contributed by atoms with Gasteiger partial charge in [0.25, 0.3) is 11.6 Å². The molecule has 166 valence electrons. The lowest BCUT2D eigenvalue weighted by atomic mass is 10.1. The molecule has 4 aromatic rings. The standard InChI is InChI=1S/C23H18N4O5S/c1-31-20-11-16(19(27(29)30)12-21(20)32-2)22(28)25-15-7-5-6-14(10-15)18-13-33-23(26-18)17-8-3-4-9-24-17/h3-13H,1-2H3,(H,25,28). The maximum atomic E-state index is 12.9. The van der Waals surface area contributed by atoms with E-state index in [2.05, 4.69) is 15.3 Å². The number of methoxy groups -OCH3 is 2. The first-order chi connectivity index (χ1) is 16.0. The number of nitro benzene ring substituents is 1. The summed E-state index contributed by atoms with van der Waals surface area (Å²) in [6.07, 6.45) is 1.71. The van der Waals surface area contributed by atoms with Crippen LogP contribution in [-0.4, -0.2) is 35.0 Å². The van der Waals surface area contributed by atoms with Crippen molar-refractivity contribution in [2.75, 3.05) is 19.5 Å². The van der Waals surface area contributed by atoms with Gasteiger partial charge in [-0.25, -0.2) is 4.98 Å². The second kappa shape index (κ2) is 9.45.